The Morgan fingerprint density at radius 2 is 2.03 bits per heavy atom. The molecule has 1 fully saturated rings. The molecule has 8 nitrogen and oxygen atoms in total. The van der Waals surface area contributed by atoms with E-state index < -0.39 is 23.1 Å². The maximum Gasteiger partial charge on any atom is 0.356 e. The van der Waals surface area contributed by atoms with E-state index in [0.29, 0.717) is 48.3 Å². The minimum atomic E-state index is -1.69. The Morgan fingerprint density at radius 3 is 2.70 bits per heavy atom. The predicted octanol–water partition coefficient (Wildman–Crippen LogP) is 1.06. The molecule has 2 atom stereocenters. The van der Waals surface area contributed by atoms with Gasteiger partial charge in [0.05, 0.1) is 17.0 Å². The molecule has 8 heteroatoms. The van der Waals surface area contributed by atoms with Gasteiger partial charge in [-0.2, -0.15) is 5.10 Å². The monoisotopic (exact) mass is 409 g/mol. The first-order valence-electron chi connectivity index (χ1n) is 9.82. The molecule has 1 aliphatic carbocycles. The molecular weight excluding hydrogens is 386 g/mol. The van der Waals surface area contributed by atoms with E-state index in [0.717, 1.165) is 0 Å². The number of nitrogens with zero attached hydrogens (tertiary/aromatic N) is 3. The van der Waals surface area contributed by atoms with E-state index in [-0.39, 0.29) is 12.1 Å². The van der Waals surface area contributed by atoms with Crippen LogP contribution in [0.3, 0.4) is 0 Å². The van der Waals surface area contributed by atoms with Crippen LogP contribution >= 0.6 is 0 Å². The lowest BCUT2D eigenvalue weighted by Gasteiger charge is -2.29. The minimum Gasteiger partial charge on any atom is -0.476 e. The van der Waals surface area contributed by atoms with Gasteiger partial charge in [0.2, 0.25) is 5.60 Å². The first kappa shape index (κ1) is 20.1. The summed E-state index contributed by atoms with van der Waals surface area (Å²) < 4.78 is 1.54. The predicted molar refractivity (Wildman–Crippen MR) is 107 cm³/mol. The van der Waals surface area contributed by atoms with Crippen molar-refractivity contribution in [2.45, 2.75) is 43.8 Å². The maximum atomic E-state index is 12.1. The van der Waals surface area contributed by atoms with Crippen LogP contribution in [0.2, 0.25) is 0 Å². The van der Waals surface area contributed by atoms with Crippen LogP contribution in [-0.2, 0) is 16.8 Å². The molecule has 1 aromatic heterocycles. The van der Waals surface area contributed by atoms with E-state index in [4.69, 9.17) is 0 Å². The van der Waals surface area contributed by atoms with Gasteiger partial charge in [0, 0.05) is 31.1 Å². The summed E-state index contributed by atoms with van der Waals surface area (Å²) in [5.41, 5.74) is -0.913. The number of rotatable bonds is 2. The van der Waals surface area contributed by atoms with Crippen LogP contribution in [0.15, 0.2) is 24.3 Å². The van der Waals surface area contributed by atoms with Crippen molar-refractivity contribution in [1.29, 1.82) is 0 Å². The van der Waals surface area contributed by atoms with E-state index in [2.05, 4.69) is 16.9 Å². The molecule has 1 aromatic carbocycles. The van der Waals surface area contributed by atoms with Crippen LogP contribution in [0.5, 0.6) is 0 Å². The van der Waals surface area contributed by atoms with Gasteiger partial charge >= 0.3 is 5.97 Å². The van der Waals surface area contributed by atoms with Gasteiger partial charge in [-0.15, -0.1) is 0 Å². The summed E-state index contributed by atoms with van der Waals surface area (Å²) in [6, 6.07) is 6.99. The first-order chi connectivity index (χ1) is 14.1. The molecule has 3 N–H and O–H groups in total. The molecular formula is C22H23N3O5. The summed E-state index contributed by atoms with van der Waals surface area (Å²) in [6.45, 7) is 2.06. The number of likely N-dealkylation sites (tertiary alicyclic amines) is 1. The van der Waals surface area contributed by atoms with E-state index in [1.54, 1.807) is 42.9 Å². The normalized spacial score (nSPS) is 25.6. The van der Waals surface area contributed by atoms with Crippen LogP contribution in [0.1, 0.15) is 53.5 Å². The summed E-state index contributed by atoms with van der Waals surface area (Å²) >= 11 is 0. The fraction of sp³-hybridized carbons (Fsp3) is 0.409. The summed E-state index contributed by atoms with van der Waals surface area (Å²) in [6.07, 6.45) is 2.03. The highest BCUT2D eigenvalue weighted by Gasteiger charge is 2.42. The highest BCUT2D eigenvalue weighted by Crippen LogP contribution is 2.38. The number of carboxylic acids is 1. The van der Waals surface area contributed by atoms with Crippen molar-refractivity contribution in [3.05, 3.63) is 46.8 Å². The third-order valence-corrected chi connectivity index (χ3v) is 5.81. The van der Waals surface area contributed by atoms with Gasteiger partial charge in [-0.3, -0.25) is 4.79 Å². The van der Waals surface area contributed by atoms with E-state index in [9.17, 15) is 24.9 Å². The van der Waals surface area contributed by atoms with Crippen molar-refractivity contribution in [3.63, 3.8) is 0 Å². The van der Waals surface area contributed by atoms with Crippen LogP contribution in [0.25, 0.3) is 5.69 Å². The highest BCUT2D eigenvalue weighted by molar-refractivity contribution is 5.90. The molecule has 2 aromatic rings. The van der Waals surface area contributed by atoms with Crippen molar-refractivity contribution >= 4 is 11.9 Å². The molecule has 1 aliphatic heterocycles. The SMILES string of the molecule is CN1CC[C@@](O)(C#Cc2cccc(-n3nc(C(=O)O)c4c3CCC[C@@]4(C)O)c2)C1=O. The molecule has 2 heterocycles. The second kappa shape index (κ2) is 6.97. The van der Waals surface area contributed by atoms with Crippen LogP contribution in [0.4, 0.5) is 0 Å². The molecule has 0 radical (unpaired) electrons. The van der Waals surface area contributed by atoms with E-state index in [1.165, 1.54) is 4.90 Å². The molecule has 0 unspecified atom stereocenters. The largest absolute Gasteiger partial charge is 0.476 e. The smallest absolute Gasteiger partial charge is 0.356 e. The van der Waals surface area contributed by atoms with Gasteiger partial charge < -0.3 is 20.2 Å². The summed E-state index contributed by atoms with van der Waals surface area (Å²) in [5.74, 6) is 3.94. The number of benzene rings is 1. The average Bonchev–Trinajstić information content (AvgIpc) is 3.22. The van der Waals surface area contributed by atoms with E-state index >= 15 is 0 Å². The van der Waals surface area contributed by atoms with Crippen LogP contribution in [0, 0.1) is 11.8 Å². The Labute approximate surface area is 173 Å². The molecule has 2 aliphatic rings. The van der Waals surface area contributed by atoms with Gasteiger partial charge in [-0.25, -0.2) is 9.48 Å². The second-order valence-corrected chi connectivity index (χ2v) is 8.15. The third kappa shape index (κ3) is 3.26. The average molecular weight is 409 g/mol. The van der Waals surface area contributed by atoms with Crippen molar-refractivity contribution in [2.24, 2.45) is 0 Å². The Morgan fingerprint density at radius 1 is 1.27 bits per heavy atom. The number of aromatic nitrogens is 2. The van der Waals surface area contributed by atoms with Gasteiger partial charge in [0.1, 0.15) is 0 Å². The summed E-state index contributed by atoms with van der Waals surface area (Å²) in [7, 11) is 1.62. The quantitative estimate of drug-likeness (QED) is 0.639. The molecule has 1 amide bonds. The lowest BCUT2D eigenvalue weighted by atomic mass is 9.82. The molecule has 4 rings (SSSR count). The minimum absolute atomic E-state index is 0.153. The second-order valence-electron chi connectivity index (χ2n) is 8.15. The van der Waals surface area contributed by atoms with Crippen molar-refractivity contribution in [3.8, 4) is 17.5 Å². The molecule has 156 valence electrons. The molecule has 1 saturated heterocycles. The van der Waals surface area contributed by atoms with E-state index in [1.807, 2.05) is 0 Å². The van der Waals surface area contributed by atoms with Gasteiger partial charge in [-0.1, -0.05) is 17.9 Å². The third-order valence-electron chi connectivity index (χ3n) is 5.81. The molecule has 0 spiro atoms. The van der Waals surface area contributed by atoms with Crippen molar-refractivity contribution < 1.29 is 24.9 Å². The fourth-order valence-corrected chi connectivity index (χ4v) is 4.20. The lowest BCUT2D eigenvalue weighted by molar-refractivity contribution is -0.137. The van der Waals surface area contributed by atoms with Gasteiger partial charge in [0.25, 0.3) is 5.91 Å². The Hall–Kier alpha value is -3.15. The fourth-order valence-electron chi connectivity index (χ4n) is 4.20. The Balaban J connectivity index is 1.75. The number of likely N-dealkylation sites (N-methyl/N-ethyl adjacent to an activating group) is 1. The highest BCUT2D eigenvalue weighted by atomic mass is 16.4. The molecule has 0 bridgehead atoms. The maximum absolute atomic E-state index is 12.1. The number of hydrogen-bond donors (Lipinski definition) is 3. The topological polar surface area (TPSA) is 116 Å². The van der Waals surface area contributed by atoms with Gasteiger partial charge in [0.15, 0.2) is 5.69 Å². The lowest BCUT2D eigenvalue weighted by Crippen LogP contribution is -2.37. The number of hydrogen-bond acceptors (Lipinski definition) is 5. The van der Waals surface area contributed by atoms with Crippen LogP contribution < -0.4 is 0 Å². The zero-order valence-corrected chi connectivity index (χ0v) is 16.8. The summed E-state index contributed by atoms with van der Waals surface area (Å²) in [4.78, 5) is 25.3. The number of aliphatic hydroxyl groups is 2. The Kier molecular flexibility index (Phi) is 4.68. The number of carbonyl (C=O) groups is 2. The van der Waals surface area contributed by atoms with Crippen molar-refractivity contribution in [2.75, 3.05) is 13.6 Å². The number of carboxylic acid groups (broad SMARTS) is 1. The Bertz CT molecular complexity index is 1110. The van der Waals surface area contributed by atoms with Crippen molar-refractivity contribution in [1.82, 2.24) is 14.7 Å². The number of carbonyl (C=O) groups excluding carboxylic acids is 1. The zero-order valence-electron chi connectivity index (χ0n) is 16.8. The van der Waals surface area contributed by atoms with Crippen LogP contribution in [-0.4, -0.2) is 61.1 Å². The number of fused-ring (bicyclic) bond motifs is 1. The number of amides is 1. The number of aromatic carboxylic acids is 1. The van der Waals surface area contributed by atoms with Gasteiger partial charge in [-0.05, 0) is 44.4 Å². The molecule has 30 heavy (non-hydrogen) atoms. The standard InChI is InChI=1S/C22H23N3O5/c1-21(29)9-4-7-16-17(21)18(19(26)27)23-25(16)15-6-3-5-14(13-15)8-10-22(30)11-12-24(2)20(22)28/h3,5-6,13,29-30H,4,7,9,11-12H2,1-2H3,(H,26,27)/t21-,22+/m1/s1. The first-order valence-corrected chi connectivity index (χ1v) is 9.82. The molecule has 0 saturated carbocycles. The summed E-state index contributed by atoms with van der Waals surface area (Å²) in [5, 5.41) is 35.1. The zero-order chi connectivity index (χ0) is 21.7.